The third-order valence-electron chi connectivity index (χ3n) is 3.55. The van der Waals surface area contributed by atoms with Crippen LogP contribution in [0.4, 0.5) is 0 Å². The van der Waals surface area contributed by atoms with E-state index in [0.717, 1.165) is 17.9 Å². The standard InChI is InChI=1S/C11H16N2S/c1-7(11-12-2-3-14-11)13-10-5-8-4-9(8)6-10/h2-3,7-10,13H,4-6H2,1H3. The Balaban J connectivity index is 1.57. The van der Waals surface area contributed by atoms with Gasteiger partial charge in [0.15, 0.2) is 0 Å². The molecule has 0 saturated heterocycles. The number of aromatic nitrogens is 1. The average Bonchev–Trinajstić information content (AvgIpc) is 2.69. The highest BCUT2D eigenvalue weighted by Crippen LogP contribution is 2.51. The first-order chi connectivity index (χ1) is 6.83. The number of hydrogen-bond donors (Lipinski definition) is 1. The van der Waals surface area contributed by atoms with Gasteiger partial charge in [-0.1, -0.05) is 0 Å². The van der Waals surface area contributed by atoms with Crippen molar-refractivity contribution >= 4 is 11.3 Å². The number of fused-ring (bicyclic) bond motifs is 1. The van der Waals surface area contributed by atoms with Crippen molar-refractivity contribution in [3.05, 3.63) is 16.6 Å². The van der Waals surface area contributed by atoms with Crippen LogP contribution < -0.4 is 5.32 Å². The van der Waals surface area contributed by atoms with Gasteiger partial charge in [-0.2, -0.15) is 0 Å². The van der Waals surface area contributed by atoms with E-state index in [4.69, 9.17) is 0 Å². The maximum Gasteiger partial charge on any atom is 0.109 e. The minimum Gasteiger partial charge on any atom is -0.305 e. The molecule has 3 rings (SSSR count). The van der Waals surface area contributed by atoms with Crippen LogP contribution in [0.1, 0.15) is 37.2 Å². The number of nitrogens with one attached hydrogen (secondary N) is 1. The van der Waals surface area contributed by atoms with Gasteiger partial charge in [0.05, 0.1) is 6.04 Å². The van der Waals surface area contributed by atoms with Crippen molar-refractivity contribution in [2.45, 2.75) is 38.3 Å². The summed E-state index contributed by atoms with van der Waals surface area (Å²) in [6.07, 6.45) is 6.20. The molecule has 2 aliphatic carbocycles. The molecule has 2 nitrogen and oxygen atoms in total. The lowest BCUT2D eigenvalue weighted by Crippen LogP contribution is -2.30. The normalized spacial score (nSPS) is 36.8. The molecular weight excluding hydrogens is 192 g/mol. The van der Waals surface area contributed by atoms with E-state index in [-0.39, 0.29) is 0 Å². The summed E-state index contributed by atoms with van der Waals surface area (Å²) in [7, 11) is 0. The Kier molecular flexibility index (Phi) is 2.10. The van der Waals surface area contributed by atoms with Crippen LogP contribution in [0.3, 0.4) is 0 Å². The highest BCUT2D eigenvalue weighted by atomic mass is 32.1. The summed E-state index contributed by atoms with van der Waals surface area (Å²) in [5, 5.41) is 6.97. The molecule has 0 amide bonds. The van der Waals surface area contributed by atoms with Gasteiger partial charge in [-0.05, 0) is 38.0 Å². The molecule has 2 fully saturated rings. The minimum atomic E-state index is 0.442. The smallest absolute Gasteiger partial charge is 0.109 e. The fourth-order valence-corrected chi connectivity index (χ4v) is 3.38. The third kappa shape index (κ3) is 1.59. The molecule has 3 unspecified atom stereocenters. The summed E-state index contributed by atoms with van der Waals surface area (Å²) in [6, 6.07) is 1.20. The number of thiazole rings is 1. The van der Waals surface area contributed by atoms with E-state index >= 15 is 0 Å². The topological polar surface area (TPSA) is 24.9 Å². The molecule has 1 aromatic rings. The van der Waals surface area contributed by atoms with Gasteiger partial charge in [-0.15, -0.1) is 11.3 Å². The predicted molar refractivity (Wildman–Crippen MR) is 58.3 cm³/mol. The van der Waals surface area contributed by atoms with Gasteiger partial charge in [-0.3, -0.25) is 0 Å². The summed E-state index contributed by atoms with van der Waals surface area (Å²) in [5.74, 6) is 2.13. The van der Waals surface area contributed by atoms with E-state index in [1.165, 1.54) is 24.3 Å². The van der Waals surface area contributed by atoms with Gasteiger partial charge in [0, 0.05) is 17.6 Å². The number of hydrogen-bond acceptors (Lipinski definition) is 3. The van der Waals surface area contributed by atoms with Crippen molar-refractivity contribution in [3.8, 4) is 0 Å². The van der Waals surface area contributed by atoms with E-state index < -0.39 is 0 Å². The maximum atomic E-state index is 4.34. The van der Waals surface area contributed by atoms with Gasteiger partial charge in [0.1, 0.15) is 5.01 Å². The highest BCUT2D eigenvalue weighted by Gasteiger charge is 2.45. The van der Waals surface area contributed by atoms with Gasteiger partial charge >= 0.3 is 0 Å². The molecule has 2 aliphatic rings. The van der Waals surface area contributed by atoms with Crippen molar-refractivity contribution in [3.63, 3.8) is 0 Å². The van der Waals surface area contributed by atoms with Crippen molar-refractivity contribution in [1.29, 1.82) is 0 Å². The van der Waals surface area contributed by atoms with Crippen molar-refractivity contribution < 1.29 is 0 Å². The Labute approximate surface area is 88.7 Å². The molecule has 2 saturated carbocycles. The zero-order chi connectivity index (χ0) is 9.54. The SMILES string of the molecule is CC(NC1CC2CC2C1)c1nccs1. The first-order valence-corrected chi connectivity index (χ1v) is 6.36. The lowest BCUT2D eigenvalue weighted by atomic mass is 10.1. The lowest BCUT2D eigenvalue weighted by Gasteiger charge is -2.18. The van der Waals surface area contributed by atoms with Crippen LogP contribution in [0.2, 0.25) is 0 Å². The minimum absolute atomic E-state index is 0.442. The molecule has 1 heterocycles. The van der Waals surface area contributed by atoms with Crippen molar-refractivity contribution in [1.82, 2.24) is 10.3 Å². The van der Waals surface area contributed by atoms with Gasteiger partial charge in [0.25, 0.3) is 0 Å². The third-order valence-corrected chi connectivity index (χ3v) is 4.51. The molecule has 1 N–H and O–H groups in total. The largest absolute Gasteiger partial charge is 0.305 e. The van der Waals surface area contributed by atoms with Crippen molar-refractivity contribution in [2.75, 3.05) is 0 Å². The van der Waals surface area contributed by atoms with Crippen LogP contribution in [0.5, 0.6) is 0 Å². The zero-order valence-electron chi connectivity index (χ0n) is 8.44. The predicted octanol–water partition coefficient (Wildman–Crippen LogP) is 2.59. The fraction of sp³-hybridized carbons (Fsp3) is 0.727. The van der Waals surface area contributed by atoms with Crippen LogP contribution in [-0.2, 0) is 0 Å². The Bertz CT molecular complexity index is 299. The molecular formula is C11H16N2S. The molecule has 3 atom stereocenters. The van der Waals surface area contributed by atoms with Crippen LogP contribution in [0, 0.1) is 11.8 Å². The summed E-state index contributed by atoms with van der Waals surface area (Å²) in [4.78, 5) is 4.34. The molecule has 0 radical (unpaired) electrons. The fourth-order valence-electron chi connectivity index (χ4n) is 2.72. The number of rotatable bonds is 3. The van der Waals surface area contributed by atoms with E-state index in [1.807, 2.05) is 6.20 Å². The summed E-state index contributed by atoms with van der Waals surface area (Å²) >= 11 is 1.75. The van der Waals surface area contributed by atoms with E-state index in [0.29, 0.717) is 6.04 Å². The van der Waals surface area contributed by atoms with Crippen LogP contribution in [0.15, 0.2) is 11.6 Å². The quantitative estimate of drug-likeness (QED) is 0.826. The first kappa shape index (κ1) is 8.86. The van der Waals surface area contributed by atoms with Crippen LogP contribution in [-0.4, -0.2) is 11.0 Å². The Morgan fingerprint density at radius 2 is 2.21 bits per heavy atom. The van der Waals surface area contributed by atoms with Gasteiger partial charge < -0.3 is 5.32 Å². The molecule has 14 heavy (non-hydrogen) atoms. The zero-order valence-corrected chi connectivity index (χ0v) is 9.26. The number of nitrogens with zero attached hydrogens (tertiary/aromatic N) is 1. The molecule has 0 aromatic carbocycles. The Morgan fingerprint density at radius 1 is 1.43 bits per heavy atom. The second-order valence-corrected chi connectivity index (χ2v) is 5.61. The molecule has 0 aliphatic heterocycles. The maximum absolute atomic E-state index is 4.34. The Morgan fingerprint density at radius 3 is 2.86 bits per heavy atom. The summed E-state index contributed by atoms with van der Waals surface area (Å²) in [5.41, 5.74) is 0. The molecule has 0 spiro atoms. The first-order valence-electron chi connectivity index (χ1n) is 5.48. The van der Waals surface area contributed by atoms with E-state index in [1.54, 1.807) is 11.3 Å². The highest BCUT2D eigenvalue weighted by molar-refractivity contribution is 7.09. The second kappa shape index (κ2) is 3.31. The molecule has 1 aromatic heterocycles. The lowest BCUT2D eigenvalue weighted by molar-refractivity contribution is 0.430. The molecule has 3 heteroatoms. The summed E-state index contributed by atoms with van der Waals surface area (Å²) in [6.45, 7) is 2.22. The van der Waals surface area contributed by atoms with E-state index in [2.05, 4.69) is 22.6 Å². The van der Waals surface area contributed by atoms with Gasteiger partial charge in [-0.25, -0.2) is 4.98 Å². The molecule has 76 valence electrons. The van der Waals surface area contributed by atoms with Crippen molar-refractivity contribution in [2.24, 2.45) is 11.8 Å². The average molecular weight is 208 g/mol. The van der Waals surface area contributed by atoms with Crippen LogP contribution >= 0.6 is 11.3 Å². The molecule has 0 bridgehead atoms. The monoisotopic (exact) mass is 208 g/mol. The van der Waals surface area contributed by atoms with E-state index in [9.17, 15) is 0 Å². The van der Waals surface area contributed by atoms with Crippen LogP contribution in [0.25, 0.3) is 0 Å². The second-order valence-electron chi connectivity index (χ2n) is 4.68. The summed E-state index contributed by atoms with van der Waals surface area (Å²) < 4.78 is 0. The van der Waals surface area contributed by atoms with Gasteiger partial charge in [0.2, 0.25) is 0 Å². The Hall–Kier alpha value is -0.410.